The smallest absolute Gasteiger partial charge is 0.0694 e. The molecule has 0 saturated carbocycles. The van der Waals surface area contributed by atoms with E-state index in [0.29, 0.717) is 0 Å². The van der Waals surface area contributed by atoms with E-state index >= 15 is 0 Å². The molecule has 0 saturated heterocycles. The normalized spacial score (nSPS) is 17.5. The number of aromatic nitrogens is 1. The van der Waals surface area contributed by atoms with E-state index in [1.807, 2.05) is 18.5 Å². The highest BCUT2D eigenvalue weighted by atomic mass is 15.2. The van der Waals surface area contributed by atoms with Gasteiger partial charge >= 0.3 is 0 Å². The van der Waals surface area contributed by atoms with Gasteiger partial charge < -0.3 is 4.90 Å². The van der Waals surface area contributed by atoms with Gasteiger partial charge in [0.05, 0.1) is 17.6 Å². The van der Waals surface area contributed by atoms with Crippen molar-refractivity contribution in [2.75, 3.05) is 4.90 Å². The average molecular weight is 475 g/mol. The molecule has 1 heterocycles. The number of pyridine rings is 1. The maximum Gasteiger partial charge on any atom is 0.0694 e. The quantitative estimate of drug-likeness (QED) is 0.276. The maximum absolute atomic E-state index is 4.47. The Balaban J connectivity index is 1.40. The second-order valence-electron chi connectivity index (χ2n) is 9.64. The number of nitrogens with zero attached hydrogens (tertiary/aromatic N) is 2. The molecule has 2 nitrogen and oxygen atoms in total. The Morgan fingerprint density at radius 2 is 1.62 bits per heavy atom. The summed E-state index contributed by atoms with van der Waals surface area (Å²) in [6.45, 7) is 0. The zero-order valence-electron chi connectivity index (χ0n) is 20.6. The van der Waals surface area contributed by atoms with E-state index in [0.717, 1.165) is 36.3 Å². The van der Waals surface area contributed by atoms with Crippen molar-refractivity contribution >= 4 is 33.3 Å². The van der Waals surface area contributed by atoms with Crippen LogP contribution in [-0.4, -0.2) is 4.98 Å². The molecule has 3 aliphatic rings. The molecule has 4 aromatic rings. The van der Waals surface area contributed by atoms with Crippen LogP contribution in [0.2, 0.25) is 0 Å². The second kappa shape index (κ2) is 9.09. The van der Waals surface area contributed by atoms with E-state index in [4.69, 9.17) is 0 Å². The summed E-state index contributed by atoms with van der Waals surface area (Å²) >= 11 is 0. The number of hydrogen-bond donors (Lipinski definition) is 0. The van der Waals surface area contributed by atoms with Crippen molar-refractivity contribution in [3.63, 3.8) is 0 Å². The third-order valence-corrected chi connectivity index (χ3v) is 7.42. The Labute approximate surface area is 217 Å². The van der Waals surface area contributed by atoms with Crippen molar-refractivity contribution in [2.45, 2.75) is 19.3 Å². The first-order chi connectivity index (χ1) is 18.4. The monoisotopic (exact) mass is 474 g/mol. The van der Waals surface area contributed by atoms with Gasteiger partial charge in [0.2, 0.25) is 0 Å². The van der Waals surface area contributed by atoms with Crippen LogP contribution in [0.1, 0.15) is 30.4 Å². The first-order valence-corrected chi connectivity index (χ1v) is 12.9. The van der Waals surface area contributed by atoms with E-state index in [1.54, 1.807) is 0 Å². The van der Waals surface area contributed by atoms with Crippen LogP contribution in [0.4, 0.5) is 11.4 Å². The number of hydrogen-bond acceptors (Lipinski definition) is 2. The zero-order chi connectivity index (χ0) is 24.6. The fourth-order valence-electron chi connectivity index (χ4n) is 5.78. The topological polar surface area (TPSA) is 16.1 Å². The standard InChI is InChI=1S/C35H26N2/c1-2-11-26-22-29(20-19-25(26)10-1)37(30-14-9-21-36-24-30)28-13-4-6-18-34-32-16-8-7-15-31(32)33-17-5-3-12-27(23-28)35(33)34/h1-5,7-11,14-22,24H,6,12,23H2/b34-18-. The molecule has 2 heteroatoms. The molecule has 0 N–H and O–H groups in total. The van der Waals surface area contributed by atoms with Crippen LogP contribution in [0.25, 0.3) is 21.9 Å². The van der Waals surface area contributed by atoms with Crippen molar-refractivity contribution < 1.29 is 0 Å². The van der Waals surface area contributed by atoms with Gasteiger partial charge in [-0.15, -0.1) is 5.73 Å². The van der Waals surface area contributed by atoms with Gasteiger partial charge in [-0.25, -0.2) is 0 Å². The molecule has 7 rings (SSSR count). The molecule has 0 fully saturated rings. The maximum atomic E-state index is 4.47. The van der Waals surface area contributed by atoms with Gasteiger partial charge in [0.25, 0.3) is 0 Å². The number of fused-ring (bicyclic) bond motifs is 4. The summed E-state index contributed by atoms with van der Waals surface area (Å²) in [7, 11) is 0. The molecule has 0 amide bonds. The van der Waals surface area contributed by atoms with Gasteiger partial charge in [-0.2, -0.15) is 0 Å². The fourth-order valence-corrected chi connectivity index (χ4v) is 5.78. The fraction of sp³-hybridized carbons (Fsp3) is 0.0857. The lowest BCUT2D eigenvalue weighted by molar-refractivity contribution is 0.986. The SMILES string of the molecule is C1=CC/C=C2\C3=C(CC=CC=C3c3ccccc32)CC=1N(c1cccnc1)c1ccc2ccccc2c1. The van der Waals surface area contributed by atoms with E-state index < -0.39 is 0 Å². The third kappa shape index (κ3) is 3.80. The van der Waals surface area contributed by atoms with Gasteiger partial charge in [-0.05, 0) is 81.8 Å². The lowest BCUT2D eigenvalue weighted by Gasteiger charge is -2.28. The van der Waals surface area contributed by atoms with Gasteiger partial charge in [0.15, 0.2) is 0 Å². The van der Waals surface area contributed by atoms with E-state index in [1.165, 1.54) is 44.2 Å². The van der Waals surface area contributed by atoms with Crippen LogP contribution in [0.15, 0.2) is 144 Å². The molecule has 3 aromatic carbocycles. The molecule has 176 valence electrons. The van der Waals surface area contributed by atoms with Crippen LogP contribution in [-0.2, 0) is 0 Å². The highest BCUT2D eigenvalue weighted by Crippen LogP contribution is 2.49. The summed E-state index contributed by atoms with van der Waals surface area (Å²) in [6.07, 6.45) is 17.7. The molecule has 0 bridgehead atoms. The Kier molecular flexibility index (Phi) is 5.31. The minimum absolute atomic E-state index is 0.806. The summed E-state index contributed by atoms with van der Waals surface area (Å²) in [5, 5.41) is 2.46. The molecule has 1 aromatic heterocycles. The third-order valence-electron chi connectivity index (χ3n) is 7.42. The summed E-state index contributed by atoms with van der Waals surface area (Å²) in [6, 6.07) is 28.2. The molecule has 0 aliphatic heterocycles. The summed E-state index contributed by atoms with van der Waals surface area (Å²) in [5.41, 5.74) is 15.2. The van der Waals surface area contributed by atoms with Crippen LogP contribution < -0.4 is 4.90 Å². The van der Waals surface area contributed by atoms with Gasteiger partial charge in [0, 0.05) is 18.3 Å². The Hall–Kier alpha value is -4.65. The van der Waals surface area contributed by atoms with E-state index in [-0.39, 0.29) is 0 Å². The lowest BCUT2D eigenvalue weighted by Crippen LogP contribution is -2.17. The second-order valence-corrected chi connectivity index (χ2v) is 9.64. The molecule has 37 heavy (non-hydrogen) atoms. The Bertz CT molecular complexity index is 1720. The largest absolute Gasteiger partial charge is 0.305 e. The first kappa shape index (κ1) is 21.6. The van der Waals surface area contributed by atoms with Crippen LogP contribution in [0, 0.1) is 0 Å². The van der Waals surface area contributed by atoms with E-state index in [9.17, 15) is 0 Å². The van der Waals surface area contributed by atoms with Gasteiger partial charge in [0.1, 0.15) is 0 Å². The minimum Gasteiger partial charge on any atom is -0.305 e. The molecular formula is C35H26N2. The number of benzene rings is 3. The van der Waals surface area contributed by atoms with Crippen LogP contribution in [0.3, 0.4) is 0 Å². The highest BCUT2D eigenvalue weighted by Gasteiger charge is 2.30. The van der Waals surface area contributed by atoms with Gasteiger partial charge in [-0.3, -0.25) is 4.98 Å². The molecular weight excluding hydrogens is 448 g/mol. The molecule has 3 aliphatic carbocycles. The zero-order valence-corrected chi connectivity index (χ0v) is 20.6. The Morgan fingerprint density at radius 3 is 2.49 bits per heavy atom. The molecule has 0 spiro atoms. The van der Waals surface area contributed by atoms with Crippen LogP contribution >= 0.6 is 0 Å². The predicted octanol–water partition coefficient (Wildman–Crippen LogP) is 8.94. The average Bonchev–Trinajstić information content (AvgIpc) is 3.15. The van der Waals surface area contributed by atoms with E-state index in [2.05, 4.69) is 119 Å². The lowest BCUT2D eigenvalue weighted by atomic mass is 9.93. The molecule has 0 atom stereocenters. The number of anilines is 2. The Morgan fingerprint density at radius 1 is 0.784 bits per heavy atom. The van der Waals surface area contributed by atoms with Crippen LogP contribution in [0.5, 0.6) is 0 Å². The van der Waals surface area contributed by atoms with Crippen molar-refractivity contribution in [1.82, 2.24) is 4.98 Å². The van der Waals surface area contributed by atoms with Crippen molar-refractivity contribution in [3.8, 4) is 0 Å². The number of rotatable bonds is 3. The minimum atomic E-state index is 0.806. The number of allylic oxidation sites excluding steroid dienone is 8. The predicted molar refractivity (Wildman–Crippen MR) is 154 cm³/mol. The first-order valence-electron chi connectivity index (χ1n) is 12.9. The van der Waals surface area contributed by atoms with Gasteiger partial charge in [-0.1, -0.05) is 84.5 Å². The van der Waals surface area contributed by atoms with Crippen molar-refractivity contribution in [2.24, 2.45) is 0 Å². The van der Waals surface area contributed by atoms with Crippen molar-refractivity contribution in [1.29, 1.82) is 0 Å². The summed E-state index contributed by atoms with van der Waals surface area (Å²) in [4.78, 5) is 6.80. The summed E-state index contributed by atoms with van der Waals surface area (Å²) in [5.74, 6) is 0. The highest BCUT2D eigenvalue weighted by molar-refractivity contribution is 6.09. The van der Waals surface area contributed by atoms with Crippen molar-refractivity contribution in [3.05, 3.63) is 155 Å². The molecule has 0 unspecified atom stereocenters. The summed E-state index contributed by atoms with van der Waals surface area (Å²) < 4.78 is 0. The molecule has 0 radical (unpaired) electrons.